The van der Waals surface area contributed by atoms with E-state index in [-0.39, 0.29) is 17.2 Å². The lowest BCUT2D eigenvalue weighted by Gasteiger charge is -2.22. The highest BCUT2D eigenvalue weighted by atomic mass is 19.1. The summed E-state index contributed by atoms with van der Waals surface area (Å²) in [6.45, 7) is 2.34. The fraction of sp³-hybridized carbons (Fsp3) is 0.300. The molecule has 1 aliphatic carbocycles. The van der Waals surface area contributed by atoms with Crippen molar-refractivity contribution in [2.24, 2.45) is 11.7 Å². The quantitative estimate of drug-likeness (QED) is 0.700. The first-order valence-electron chi connectivity index (χ1n) is 9.20. The van der Waals surface area contributed by atoms with Crippen molar-refractivity contribution >= 4 is 22.6 Å². The molecule has 142 valence electrons. The van der Waals surface area contributed by atoms with Gasteiger partial charge in [-0.25, -0.2) is 14.4 Å². The summed E-state index contributed by atoms with van der Waals surface area (Å²) in [4.78, 5) is 26.3. The predicted molar refractivity (Wildman–Crippen MR) is 102 cm³/mol. The number of nitrogens with zero attached hydrogens (tertiary/aromatic N) is 4. The molecule has 2 atom stereocenters. The maximum Gasteiger partial charge on any atom is 0.286 e. The van der Waals surface area contributed by atoms with E-state index in [0.717, 1.165) is 41.9 Å². The van der Waals surface area contributed by atoms with Gasteiger partial charge in [0.15, 0.2) is 0 Å². The second-order valence-corrected chi connectivity index (χ2v) is 7.53. The molecule has 3 aromatic rings. The van der Waals surface area contributed by atoms with E-state index in [2.05, 4.69) is 25.2 Å². The maximum atomic E-state index is 13.3. The molecule has 2 aliphatic rings. The number of carbonyl (C=O) groups is 1. The zero-order chi connectivity index (χ0) is 19.3. The Morgan fingerprint density at radius 1 is 1.29 bits per heavy atom. The average molecular weight is 378 g/mol. The number of pyridine rings is 1. The van der Waals surface area contributed by atoms with Crippen molar-refractivity contribution in [2.75, 3.05) is 18.0 Å². The second kappa shape index (κ2) is 6.20. The van der Waals surface area contributed by atoms with Crippen LogP contribution in [0.15, 0.2) is 42.6 Å². The summed E-state index contributed by atoms with van der Waals surface area (Å²) in [5, 5.41) is 4.45. The minimum atomic E-state index is -0.624. The van der Waals surface area contributed by atoms with Crippen LogP contribution in [0.3, 0.4) is 0 Å². The number of hydrogen-bond acceptors (Lipinski definition) is 6. The van der Waals surface area contributed by atoms with E-state index in [1.165, 1.54) is 12.1 Å². The molecule has 1 aliphatic heterocycles. The van der Waals surface area contributed by atoms with E-state index in [0.29, 0.717) is 12.5 Å². The summed E-state index contributed by atoms with van der Waals surface area (Å²) in [6.07, 6.45) is 2.67. The Balaban J connectivity index is 1.28. The van der Waals surface area contributed by atoms with Crippen LogP contribution in [-0.4, -0.2) is 39.5 Å². The first-order valence-corrected chi connectivity index (χ1v) is 9.20. The minimum Gasteiger partial charge on any atom is -0.363 e. The monoisotopic (exact) mass is 378 g/mol. The van der Waals surface area contributed by atoms with Crippen LogP contribution in [-0.2, 0) is 6.54 Å². The van der Waals surface area contributed by atoms with Crippen molar-refractivity contribution in [2.45, 2.75) is 18.5 Å². The Kier molecular flexibility index (Phi) is 3.77. The fourth-order valence-corrected chi connectivity index (χ4v) is 4.08. The summed E-state index contributed by atoms with van der Waals surface area (Å²) in [5.74, 6) is 0.422. The molecule has 2 aromatic heterocycles. The summed E-state index contributed by atoms with van der Waals surface area (Å²) < 4.78 is 13.3. The van der Waals surface area contributed by atoms with Crippen LogP contribution in [0.25, 0.3) is 10.9 Å². The van der Waals surface area contributed by atoms with Crippen molar-refractivity contribution in [3.63, 3.8) is 0 Å². The van der Waals surface area contributed by atoms with Gasteiger partial charge in [0.05, 0.1) is 11.2 Å². The molecular weight excluding hydrogens is 359 g/mol. The number of hydrogen-bond donors (Lipinski definition) is 2. The number of aromatic nitrogens is 3. The molecule has 1 saturated carbocycles. The van der Waals surface area contributed by atoms with Gasteiger partial charge in [-0.2, -0.15) is 0 Å². The third-order valence-electron chi connectivity index (χ3n) is 5.66. The molecule has 8 heteroatoms. The normalized spacial score (nSPS) is 23.0. The van der Waals surface area contributed by atoms with Crippen molar-refractivity contribution in [3.05, 3.63) is 59.9 Å². The number of amides is 1. The Morgan fingerprint density at radius 2 is 2.18 bits per heavy atom. The number of benzene rings is 1. The smallest absolute Gasteiger partial charge is 0.286 e. The fourth-order valence-electron chi connectivity index (χ4n) is 4.08. The van der Waals surface area contributed by atoms with Gasteiger partial charge in [0.25, 0.3) is 5.91 Å². The Morgan fingerprint density at radius 3 is 3.04 bits per heavy atom. The summed E-state index contributed by atoms with van der Waals surface area (Å²) >= 11 is 0. The molecule has 3 heterocycles. The van der Waals surface area contributed by atoms with E-state index in [4.69, 9.17) is 5.73 Å². The van der Waals surface area contributed by atoms with Crippen LogP contribution in [0.5, 0.6) is 0 Å². The summed E-state index contributed by atoms with van der Waals surface area (Å²) in [5.41, 5.74) is 7.04. The molecule has 2 unspecified atom stereocenters. The second-order valence-electron chi connectivity index (χ2n) is 7.53. The number of nitrogens with two attached hydrogens (primary N) is 1. The molecule has 28 heavy (non-hydrogen) atoms. The molecule has 0 bridgehead atoms. The number of piperidine rings is 1. The van der Waals surface area contributed by atoms with Crippen LogP contribution < -0.4 is 16.0 Å². The predicted octanol–water partition coefficient (Wildman–Crippen LogP) is 1.63. The number of halogens is 1. The third kappa shape index (κ3) is 2.95. The van der Waals surface area contributed by atoms with Crippen LogP contribution in [0.1, 0.15) is 22.7 Å². The molecule has 0 spiro atoms. The molecule has 2 fully saturated rings. The van der Waals surface area contributed by atoms with Gasteiger partial charge in [-0.15, -0.1) is 0 Å². The number of nitrogens with one attached hydrogen (secondary N) is 1. The third-order valence-corrected chi connectivity index (χ3v) is 5.66. The molecule has 1 saturated heterocycles. The van der Waals surface area contributed by atoms with Gasteiger partial charge in [-0.3, -0.25) is 9.78 Å². The highest BCUT2D eigenvalue weighted by Crippen LogP contribution is 2.50. The highest BCUT2D eigenvalue weighted by molar-refractivity contribution is 5.89. The maximum absolute atomic E-state index is 13.3. The summed E-state index contributed by atoms with van der Waals surface area (Å²) in [7, 11) is 0. The van der Waals surface area contributed by atoms with Crippen LogP contribution in [0.2, 0.25) is 0 Å². The van der Waals surface area contributed by atoms with E-state index >= 15 is 0 Å². The van der Waals surface area contributed by atoms with Crippen LogP contribution in [0.4, 0.5) is 10.2 Å². The van der Waals surface area contributed by atoms with Gasteiger partial charge in [0.2, 0.25) is 5.82 Å². The van der Waals surface area contributed by atoms with E-state index < -0.39 is 5.91 Å². The van der Waals surface area contributed by atoms with Gasteiger partial charge in [-0.1, -0.05) is 6.07 Å². The molecule has 1 amide bonds. The number of anilines is 1. The van der Waals surface area contributed by atoms with E-state index in [1.54, 1.807) is 18.3 Å². The molecule has 0 radical (unpaired) electrons. The van der Waals surface area contributed by atoms with Crippen molar-refractivity contribution in [3.8, 4) is 0 Å². The Labute approximate surface area is 160 Å². The van der Waals surface area contributed by atoms with Crippen molar-refractivity contribution in [1.29, 1.82) is 0 Å². The first-order chi connectivity index (χ1) is 13.5. The first kappa shape index (κ1) is 17.0. The lowest BCUT2D eigenvalue weighted by Crippen LogP contribution is -2.38. The SMILES string of the molecule is NC(=O)c1nccc(N2CC3CC3(NCc3ccc4cc(F)ccc4n3)C2)n1. The van der Waals surface area contributed by atoms with Gasteiger partial charge in [0.1, 0.15) is 11.6 Å². The standard InChI is InChI=1S/C20H19FN6O/c21-14-2-4-16-12(7-14)1-3-15(25-16)9-24-20-8-13(20)10-27(11-20)17-5-6-23-19(26-17)18(22)28/h1-7,13,24H,8-11H2,(H2,22,28). The zero-order valence-electron chi connectivity index (χ0n) is 15.1. The van der Waals surface area contributed by atoms with Gasteiger partial charge in [0, 0.05) is 36.8 Å². The largest absolute Gasteiger partial charge is 0.363 e. The Hall–Kier alpha value is -3.13. The zero-order valence-corrected chi connectivity index (χ0v) is 15.1. The van der Waals surface area contributed by atoms with Crippen LogP contribution in [0, 0.1) is 11.7 Å². The number of rotatable bonds is 5. The van der Waals surface area contributed by atoms with E-state index in [1.807, 2.05) is 12.1 Å². The van der Waals surface area contributed by atoms with Gasteiger partial charge < -0.3 is 16.0 Å². The molecule has 7 nitrogen and oxygen atoms in total. The minimum absolute atomic E-state index is 0.0388. The number of fused-ring (bicyclic) bond motifs is 2. The molecule has 5 rings (SSSR count). The van der Waals surface area contributed by atoms with Crippen molar-refractivity contribution < 1.29 is 9.18 Å². The number of primary amides is 1. The number of carbonyl (C=O) groups excluding carboxylic acids is 1. The molecule has 3 N–H and O–H groups in total. The molecule has 1 aromatic carbocycles. The summed E-state index contributed by atoms with van der Waals surface area (Å²) in [6, 6.07) is 10.3. The topological polar surface area (TPSA) is 97.0 Å². The molecular formula is C20H19FN6O. The van der Waals surface area contributed by atoms with Crippen molar-refractivity contribution in [1.82, 2.24) is 20.3 Å². The van der Waals surface area contributed by atoms with Crippen LogP contribution >= 0.6 is 0 Å². The highest BCUT2D eigenvalue weighted by Gasteiger charge is 2.59. The lowest BCUT2D eigenvalue weighted by atomic mass is 10.2. The van der Waals surface area contributed by atoms with Gasteiger partial charge in [-0.05, 0) is 42.7 Å². The lowest BCUT2D eigenvalue weighted by molar-refractivity contribution is 0.0990. The van der Waals surface area contributed by atoms with Gasteiger partial charge >= 0.3 is 0 Å². The average Bonchev–Trinajstić information content (AvgIpc) is 3.26. The van der Waals surface area contributed by atoms with E-state index in [9.17, 15) is 9.18 Å². The Bertz CT molecular complexity index is 1090.